The molecule has 0 radical (unpaired) electrons. The summed E-state index contributed by atoms with van der Waals surface area (Å²) in [5, 5.41) is 21.7. The van der Waals surface area contributed by atoms with E-state index in [1.54, 1.807) is 0 Å². The zero-order chi connectivity index (χ0) is 25.9. The van der Waals surface area contributed by atoms with Crippen LogP contribution in [-0.2, 0) is 13.0 Å². The van der Waals surface area contributed by atoms with Crippen molar-refractivity contribution >= 4 is 17.3 Å². The number of aliphatic hydroxyl groups is 1. The zero-order valence-corrected chi connectivity index (χ0v) is 22.1. The Balaban J connectivity index is 1.33. The van der Waals surface area contributed by atoms with Crippen molar-refractivity contribution in [1.82, 2.24) is 19.6 Å². The zero-order valence-electron chi connectivity index (χ0n) is 22.1. The van der Waals surface area contributed by atoms with Crippen molar-refractivity contribution in [2.75, 3.05) is 17.2 Å². The van der Waals surface area contributed by atoms with Gasteiger partial charge in [-0.2, -0.15) is 9.61 Å². The van der Waals surface area contributed by atoms with Gasteiger partial charge in [-0.25, -0.2) is 4.98 Å². The number of rotatable bonds is 15. The lowest BCUT2D eigenvalue weighted by Gasteiger charge is -2.18. The number of nitrogens with zero attached hydrogens (tertiary/aromatic N) is 4. The lowest BCUT2D eigenvalue weighted by molar-refractivity contribution is 0.266. The minimum atomic E-state index is -0.0299. The maximum absolute atomic E-state index is 10.1. The van der Waals surface area contributed by atoms with Crippen molar-refractivity contribution in [3.63, 3.8) is 0 Å². The topological polar surface area (TPSA) is 87.4 Å². The fourth-order valence-electron chi connectivity index (χ4n) is 4.59. The molecule has 4 rings (SSSR count). The van der Waals surface area contributed by atoms with E-state index in [0.717, 1.165) is 42.1 Å². The van der Waals surface area contributed by atoms with Crippen LogP contribution < -0.4 is 10.6 Å². The molecule has 37 heavy (non-hydrogen) atoms. The molecule has 0 amide bonds. The van der Waals surface area contributed by atoms with Gasteiger partial charge in [0.2, 0.25) is 0 Å². The smallest absolute Gasteiger partial charge is 0.163 e. The van der Waals surface area contributed by atoms with Crippen LogP contribution in [0.2, 0.25) is 0 Å². The number of hydrogen-bond donors (Lipinski definition) is 3. The molecule has 0 spiro atoms. The molecule has 0 saturated heterocycles. The minimum absolute atomic E-state index is 0.0299. The average molecular weight is 501 g/mol. The second kappa shape index (κ2) is 13.7. The van der Waals surface area contributed by atoms with Crippen LogP contribution in [0.15, 0.2) is 67.1 Å². The van der Waals surface area contributed by atoms with Crippen LogP contribution in [0.25, 0.3) is 5.65 Å². The summed E-state index contributed by atoms with van der Waals surface area (Å²) in [7, 11) is 0. The number of anilines is 2. The largest absolute Gasteiger partial charge is 0.394 e. The first-order chi connectivity index (χ1) is 18.1. The predicted molar refractivity (Wildman–Crippen MR) is 151 cm³/mol. The molecular formula is C30H40N6O. The van der Waals surface area contributed by atoms with E-state index in [2.05, 4.69) is 52.8 Å². The number of nitrogens with one attached hydrogen (secondary N) is 2. The van der Waals surface area contributed by atoms with Crippen molar-refractivity contribution < 1.29 is 5.11 Å². The van der Waals surface area contributed by atoms with Crippen molar-refractivity contribution in [2.24, 2.45) is 0 Å². The third kappa shape index (κ3) is 7.76. The molecule has 3 aromatic heterocycles. The molecule has 0 unspecified atom stereocenters. The van der Waals surface area contributed by atoms with E-state index in [0.29, 0.717) is 12.5 Å². The highest BCUT2D eigenvalue weighted by Crippen LogP contribution is 2.25. The summed E-state index contributed by atoms with van der Waals surface area (Å²) < 4.78 is 1.88. The Morgan fingerprint density at radius 2 is 1.70 bits per heavy atom. The number of benzene rings is 1. The molecule has 7 nitrogen and oxygen atoms in total. The number of pyridine rings is 1. The van der Waals surface area contributed by atoms with Gasteiger partial charge in [0, 0.05) is 30.6 Å². The monoisotopic (exact) mass is 500 g/mol. The summed E-state index contributed by atoms with van der Waals surface area (Å²) in [4.78, 5) is 9.08. The van der Waals surface area contributed by atoms with Gasteiger partial charge < -0.3 is 15.7 Å². The number of unbranched alkanes of at least 4 members (excludes halogenated alkanes) is 4. The average Bonchev–Trinajstić information content (AvgIpc) is 3.36. The highest BCUT2D eigenvalue weighted by atomic mass is 16.3. The first kappa shape index (κ1) is 26.6. The van der Waals surface area contributed by atoms with Crippen molar-refractivity contribution in [1.29, 1.82) is 0 Å². The molecule has 1 atom stereocenters. The van der Waals surface area contributed by atoms with Crippen LogP contribution in [0.3, 0.4) is 0 Å². The minimum Gasteiger partial charge on any atom is -0.394 e. The second-order valence-electron chi connectivity index (χ2n) is 10.0. The first-order valence-corrected chi connectivity index (χ1v) is 13.6. The molecule has 0 aliphatic heterocycles. The predicted octanol–water partition coefficient (Wildman–Crippen LogP) is 6.22. The van der Waals surface area contributed by atoms with Crippen LogP contribution in [0.4, 0.5) is 11.6 Å². The van der Waals surface area contributed by atoms with Crippen LogP contribution in [0, 0.1) is 0 Å². The van der Waals surface area contributed by atoms with Crippen molar-refractivity contribution in [3.05, 3.63) is 83.8 Å². The number of hydrogen-bond acceptors (Lipinski definition) is 6. The summed E-state index contributed by atoms with van der Waals surface area (Å²) in [6.45, 7) is 5.09. The van der Waals surface area contributed by atoms with E-state index in [-0.39, 0.29) is 12.6 Å². The Labute approximate surface area is 220 Å². The molecule has 7 heteroatoms. The molecule has 0 bridgehead atoms. The summed E-state index contributed by atoms with van der Waals surface area (Å²) in [6, 6.07) is 16.4. The Kier molecular flexibility index (Phi) is 9.89. The molecular weight excluding hydrogens is 460 g/mol. The molecule has 0 aliphatic rings. The maximum Gasteiger partial charge on any atom is 0.163 e. The van der Waals surface area contributed by atoms with Gasteiger partial charge in [0.05, 0.1) is 18.8 Å². The number of aryl methyl sites for hydroxylation is 1. The van der Waals surface area contributed by atoms with Crippen molar-refractivity contribution in [3.8, 4) is 0 Å². The van der Waals surface area contributed by atoms with E-state index in [4.69, 9.17) is 4.98 Å². The van der Waals surface area contributed by atoms with E-state index in [1.165, 1.54) is 36.8 Å². The quantitative estimate of drug-likeness (QED) is 0.168. The molecule has 0 aliphatic carbocycles. The SMILES string of the molecule is CC(C)c1cnn2c(NCc3ccccc3)cc(N[C@@H](CO)CCCCCCCc3cccnc3)nc12. The Hall–Kier alpha value is -3.45. The third-order valence-corrected chi connectivity index (χ3v) is 6.75. The fraction of sp³-hybridized carbons (Fsp3) is 0.433. The van der Waals surface area contributed by atoms with Gasteiger partial charge in [-0.15, -0.1) is 0 Å². The highest BCUT2D eigenvalue weighted by Gasteiger charge is 2.16. The molecule has 196 valence electrons. The number of aromatic nitrogens is 4. The van der Waals surface area contributed by atoms with Gasteiger partial charge in [0.1, 0.15) is 11.6 Å². The van der Waals surface area contributed by atoms with Gasteiger partial charge in [-0.1, -0.05) is 75.9 Å². The summed E-state index contributed by atoms with van der Waals surface area (Å²) in [6.07, 6.45) is 13.6. The molecule has 1 aromatic carbocycles. The summed E-state index contributed by atoms with van der Waals surface area (Å²) in [5.74, 6) is 1.96. The van der Waals surface area contributed by atoms with E-state index in [9.17, 15) is 5.11 Å². The second-order valence-corrected chi connectivity index (χ2v) is 10.0. The van der Waals surface area contributed by atoms with Gasteiger partial charge in [-0.3, -0.25) is 4.98 Å². The summed E-state index contributed by atoms with van der Waals surface area (Å²) >= 11 is 0. The number of aliphatic hydroxyl groups excluding tert-OH is 1. The molecule has 0 fully saturated rings. The highest BCUT2D eigenvalue weighted by molar-refractivity contribution is 5.61. The van der Waals surface area contributed by atoms with Gasteiger partial charge in [0.25, 0.3) is 0 Å². The summed E-state index contributed by atoms with van der Waals surface area (Å²) in [5.41, 5.74) is 4.47. The van der Waals surface area contributed by atoms with Crippen LogP contribution >= 0.6 is 0 Å². The third-order valence-electron chi connectivity index (χ3n) is 6.75. The van der Waals surface area contributed by atoms with Gasteiger partial charge in [-0.05, 0) is 42.4 Å². The Morgan fingerprint density at radius 1 is 0.919 bits per heavy atom. The van der Waals surface area contributed by atoms with Gasteiger partial charge in [0.15, 0.2) is 5.65 Å². The van der Waals surface area contributed by atoms with E-state index in [1.807, 2.05) is 53.4 Å². The standard InChI is InChI=1S/C30H40N6O/c1-23(2)27-21-33-36-29(32-20-25-13-8-6-9-14-25)18-28(35-30(27)36)34-26(22-37)16-10-5-3-4-7-12-24-15-11-17-31-19-24/h6,8-9,11,13-15,17-19,21,23,26,32,37H,3-5,7,10,12,16,20,22H2,1-2H3,(H,34,35)/t26-/m1/s1. The van der Waals surface area contributed by atoms with E-state index < -0.39 is 0 Å². The van der Waals surface area contributed by atoms with E-state index >= 15 is 0 Å². The maximum atomic E-state index is 10.1. The van der Waals surface area contributed by atoms with Crippen LogP contribution in [0.1, 0.15) is 75.0 Å². The van der Waals surface area contributed by atoms with Crippen LogP contribution in [0.5, 0.6) is 0 Å². The lowest BCUT2D eigenvalue weighted by atomic mass is 10.0. The molecule has 0 saturated carbocycles. The van der Waals surface area contributed by atoms with Gasteiger partial charge >= 0.3 is 0 Å². The fourth-order valence-corrected chi connectivity index (χ4v) is 4.59. The molecule has 3 heterocycles. The van der Waals surface area contributed by atoms with Crippen molar-refractivity contribution in [2.45, 2.75) is 77.3 Å². The molecule has 3 N–H and O–H groups in total. The normalized spacial score (nSPS) is 12.2. The Morgan fingerprint density at radius 3 is 2.46 bits per heavy atom. The lowest BCUT2D eigenvalue weighted by Crippen LogP contribution is -2.24. The molecule has 4 aromatic rings. The first-order valence-electron chi connectivity index (χ1n) is 13.6. The van der Waals surface area contributed by atoms with Crippen LogP contribution in [-0.4, -0.2) is 37.3 Å². The Bertz CT molecular complexity index is 1210. The number of fused-ring (bicyclic) bond motifs is 1.